The van der Waals surface area contributed by atoms with E-state index in [2.05, 4.69) is 21.0 Å². The number of primary amides is 1. The van der Waals surface area contributed by atoms with Crippen LogP contribution >= 0.6 is 0 Å². The van der Waals surface area contributed by atoms with Crippen molar-refractivity contribution >= 4 is 37.9 Å². The first-order valence-corrected chi connectivity index (χ1v) is 13.6. The highest BCUT2D eigenvalue weighted by atomic mass is 32.2. The monoisotopic (exact) mass is 485 g/mol. The molecule has 0 spiro atoms. The van der Waals surface area contributed by atoms with Gasteiger partial charge in [0.25, 0.3) is 0 Å². The van der Waals surface area contributed by atoms with Gasteiger partial charge in [-0.05, 0) is 61.6 Å². The molecule has 3 aromatic rings. The molecule has 4 heterocycles. The predicted octanol–water partition coefficient (Wildman–Crippen LogP) is 2.13. The number of nitrogens with one attached hydrogen (secondary N) is 1. The van der Waals surface area contributed by atoms with Gasteiger partial charge in [0.1, 0.15) is 0 Å². The van der Waals surface area contributed by atoms with Crippen LogP contribution in [0.25, 0.3) is 21.9 Å². The van der Waals surface area contributed by atoms with Crippen molar-refractivity contribution in [1.29, 1.82) is 0 Å². The van der Waals surface area contributed by atoms with Crippen LogP contribution in [0.4, 0.5) is 0 Å². The molecule has 5 rings (SSSR count). The van der Waals surface area contributed by atoms with E-state index in [0.717, 1.165) is 47.6 Å². The lowest BCUT2D eigenvalue weighted by Gasteiger charge is -2.37. The lowest BCUT2D eigenvalue weighted by molar-refractivity contribution is -0.125. The Bertz CT molecular complexity index is 1300. The van der Waals surface area contributed by atoms with Crippen LogP contribution in [-0.2, 0) is 14.8 Å². The second-order valence-electron chi connectivity index (χ2n) is 9.76. The molecule has 1 saturated carbocycles. The van der Waals surface area contributed by atoms with Crippen molar-refractivity contribution in [1.82, 2.24) is 19.3 Å². The zero-order chi connectivity index (χ0) is 23.9. The van der Waals surface area contributed by atoms with Gasteiger partial charge in [0.15, 0.2) is 5.65 Å². The topological polar surface area (TPSA) is 142 Å². The molecule has 0 aromatic carbocycles. The number of piperidine rings is 1. The van der Waals surface area contributed by atoms with Crippen LogP contribution in [0.1, 0.15) is 43.6 Å². The molecule has 0 bridgehead atoms. The molecule has 1 aliphatic heterocycles. The lowest BCUT2D eigenvalue weighted by atomic mass is 9.78. The normalized spacial score (nSPS) is 26.7. The Hall–Kier alpha value is -2.56. The molecule has 1 saturated heterocycles. The van der Waals surface area contributed by atoms with Gasteiger partial charge in [-0.3, -0.25) is 4.79 Å². The van der Waals surface area contributed by atoms with Crippen LogP contribution in [-0.4, -0.2) is 64.1 Å². The molecule has 182 valence electrons. The number of pyridine rings is 2. The summed E-state index contributed by atoms with van der Waals surface area (Å²) in [5.41, 5.74) is 8.43. The van der Waals surface area contributed by atoms with Gasteiger partial charge in [-0.2, -0.15) is 0 Å². The Morgan fingerprint density at radius 2 is 1.97 bits per heavy atom. The number of nitrogens with zero attached hydrogens (tertiary/aromatic N) is 3. The van der Waals surface area contributed by atoms with Gasteiger partial charge in [0, 0.05) is 54.7 Å². The van der Waals surface area contributed by atoms with Gasteiger partial charge in [0.05, 0.1) is 17.5 Å². The molecule has 4 N–H and O–H groups in total. The van der Waals surface area contributed by atoms with Crippen molar-refractivity contribution in [3.8, 4) is 0 Å². The van der Waals surface area contributed by atoms with Crippen molar-refractivity contribution in [3.05, 3.63) is 36.3 Å². The number of hydrogen-bond donors (Lipinski definition) is 3. The molecular weight excluding hydrogens is 454 g/mol. The maximum atomic E-state index is 13.1. The highest BCUT2D eigenvalue weighted by Gasteiger charge is 2.38. The molecule has 34 heavy (non-hydrogen) atoms. The van der Waals surface area contributed by atoms with E-state index in [1.54, 1.807) is 6.20 Å². The SMILES string of the molecule is NC(=O)C1CCN(S(=O)(=O)CC2CCC(c3cc[nH]c4cnc5nccc5c34)CC2)CC1CO. The fraction of sp³-hybridized carbons (Fsp3) is 0.542. The quantitative estimate of drug-likeness (QED) is 0.488. The van der Waals surface area contributed by atoms with Crippen molar-refractivity contribution in [2.75, 3.05) is 25.4 Å². The van der Waals surface area contributed by atoms with E-state index in [1.165, 1.54) is 9.87 Å². The zero-order valence-electron chi connectivity index (χ0n) is 19.1. The number of aromatic amines is 1. The summed E-state index contributed by atoms with van der Waals surface area (Å²) in [6.45, 7) is 0.201. The third kappa shape index (κ3) is 4.30. The minimum Gasteiger partial charge on any atom is -0.396 e. The second kappa shape index (κ2) is 9.24. The van der Waals surface area contributed by atoms with E-state index >= 15 is 0 Å². The first kappa shape index (κ1) is 23.2. The number of sulfonamides is 1. The largest absolute Gasteiger partial charge is 0.396 e. The molecule has 1 aliphatic carbocycles. The van der Waals surface area contributed by atoms with Gasteiger partial charge in [-0.25, -0.2) is 22.7 Å². The molecule has 3 aromatic heterocycles. The number of aliphatic hydroxyl groups excluding tert-OH is 1. The van der Waals surface area contributed by atoms with Crippen LogP contribution in [0.3, 0.4) is 0 Å². The molecule has 1 amide bonds. The van der Waals surface area contributed by atoms with Crippen molar-refractivity contribution < 1.29 is 18.3 Å². The van der Waals surface area contributed by atoms with Crippen LogP contribution in [0.2, 0.25) is 0 Å². The van der Waals surface area contributed by atoms with Gasteiger partial charge in [-0.1, -0.05) is 0 Å². The van der Waals surface area contributed by atoms with Crippen molar-refractivity contribution in [2.45, 2.75) is 38.0 Å². The van der Waals surface area contributed by atoms with E-state index in [1.807, 2.05) is 18.5 Å². The van der Waals surface area contributed by atoms with Gasteiger partial charge in [0.2, 0.25) is 15.9 Å². The molecule has 2 unspecified atom stereocenters. The number of carbonyl (C=O) groups excluding carboxylic acids is 1. The van der Waals surface area contributed by atoms with Gasteiger partial charge in [-0.15, -0.1) is 0 Å². The first-order valence-electron chi connectivity index (χ1n) is 12.0. The molecule has 0 radical (unpaired) electrons. The van der Waals surface area contributed by atoms with Gasteiger partial charge >= 0.3 is 0 Å². The Morgan fingerprint density at radius 3 is 2.71 bits per heavy atom. The van der Waals surface area contributed by atoms with Gasteiger partial charge < -0.3 is 15.8 Å². The molecule has 2 fully saturated rings. The zero-order valence-corrected chi connectivity index (χ0v) is 19.9. The highest BCUT2D eigenvalue weighted by molar-refractivity contribution is 7.89. The summed E-state index contributed by atoms with van der Waals surface area (Å²) in [5, 5.41) is 11.8. The number of fused-ring (bicyclic) bond motifs is 3. The highest BCUT2D eigenvalue weighted by Crippen LogP contribution is 2.40. The van der Waals surface area contributed by atoms with Crippen LogP contribution in [0.15, 0.2) is 30.7 Å². The lowest BCUT2D eigenvalue weighted by Crippen LogP contribution is -2.49. The number of rotatable bonds is 6. The minimum atomic E-state index is -3.46. The number of nitrogens with two attached hydrogens (primary N) is 1. The summed E-state index contributed by atoms with van der Waals surface area (Å²) in [6, 6.07) is 4.13. The Balaban J connectivity index is 1.26. The van der Waals surface area contributed by atoms with E-state index in [9.17, 15) is 18.3 Å². The molecule has 10 heteroatoms. The summed E-state index contributed by atoms with van der Waals surface area (Å²) < 4.78 is 27.7. The average Bonchev–Trinajstić information content (AvgIpc) is 3.33. The minimum absolute atomic E-state index is 0.103. The standard InChI is InChI=1S/C24H31N5O4S/c25-23(31)19-7-10-29(12-17(19)13-30)34(32,33)14-15-1-3-16(4-2-15)18-5-8-26-21-11-28-24-20(22(18)21)6-9-27-24/h5-6,8-9,11,15-17,19,26,30H,1-4,7,10,12-14H2,(H2,25,31). The fourth-order valence-corrected chi connectivity index (χ4v) is 7.82. The van der Waals surface area contributed by atoms with E-state index in [-0.39, 0.29) is 31.4 Å². The van der Waals surface area contributed by atoms with E-state index in [0.29, 0.717) is 12.3 Å². The Kier molecular flexibility index (Phi) is 6.30. The number of aromatic nitrogens is 3. The Morgan fingerprint density at radius 1 is 1.18 bits per heavy atom. The first-order chi connectivity index (χ1) is 16.4. The number of amides is 1. The third-order valence-corrected chi connectivity index (χ3v) is 9.76. The number of H-pyrrole nitrogens is 1. The van der Waals surface area contributed by atoms with Crippen LogP contribution in [0, 0.1) is 17.8 Å². The second-order valence-corrected chi connectivity index (χ2v) is 11.8. The summed E-state index contributed by atoms with van der Waals surface area (Å²) in [7, 11) is -3.46. The summed E-state index contributed by atoms with van der Waals surface area (Å²) in [5.74, 6) is -0.788. The van der Waals surface area contributed by atoms with Crippen LogP contribution < -0.4 is 5.73 Å². The average molecular weight is 486 g/mol. The molecular formula is C24H31N5O4S. The van der Waals surface area contributed by atoms with Crippen molar-refractivity contribution in [2.24, 2.45) is 23.5 Å². The molecule has 9 nitrogen and oxygen atoms in total. The maximum Gasteiger partial charge on any atom is 0.220 e. The third-order valence-electron chi connectivity index (χ3n) is 7.75. The van der Waals surface area contributed by atoms with Crippen molar-refractivity contribution in [3.63, 3.8) is 0 Å². The predicted molar refractivity (Wildman–Crippen MR) is 129 cm³/mol. The molecule has 2 atom stereocenters. The van der Waals surface area contributed by atoms with E-state index in [4.69, 9.17) is 5.73 Å². The number of aliphatic hydroxyl groups is 1. The van der Waals surface area contributed by atoms with E-state index < -0.39 is 27.8 Å². The smallest absolute Gasteiger partial charge is 0.220 e. The Labute approximate surface area is 198 Å². The summed E-state index contributed by atoms with van der Waals surface area (Å²) >= 11 is 0. The van der Waals surface area contributed by atoms with Crippen LogP contribution in [0.5, 0.6) is 0 Å². The number of carbonyl (C=O) groups is 1. The maximum absolute atomic E-state index is 13.1. The fourth-order valence-electron chi connectivity index (χ4n) is 5.88. The summed E-state index contributed by atoms with van der Waals surface area (Å²) in [4.78, 5) is 23.7. The summed E-state index contributed by atoms with van der Waals surface area (Å²) in [6.07, 6.45) is 9.48. The number of hydrogen-bond acceptors (Lipinski definition) is 6. The molecule has 2 aliphatic rings.